The van der Waals surface area contributed by atoms with Gasteiger partial charge in [-0.2, -0.15) is 0 Å². The van der Waals surface area contributed by atoms with Gasteiger partial charge in [0.2, 0.25) is 0 Å². The van der Waals surface area contributed by atoms with E-state index in [-0.39, 0.29) is 12.1 Å². The normalized spacial score (nSPS) is 11.3. The molecule has 0 amide bonds. The average Bonchev–Trinajstić information content (AvgIpc) is 2.08. The first-order chi connectivity index (χ1) is 7.54. The lowest BCUT2D eigenvalue weighted by molar-refractivity contribution is -0.138. The first-order valence-electron chi connectivity index (χ1n) is 4.38. The van der Waals surface area contributed by atoms with Crippen LogP contribution in [0.15, 0.2) is 0 Å². The maximum atomic E-state index is 10.2. The Morgan fingerprint density at radius 2 is 1.78 bits per heavy atom. The van der Waals surface area contributed by atoms with Gasteiger partial charge in [-0.05, 0) is 12.8 Å². The first kappa shape index (κ1) is 22.0. The first-order valence-corrected chi connectivity index (χ1v) is 5.95. The SMILES string of the molecule is N.N=C(N)NCCCC(N)C(=O)O.O=P(O)(O)O. The smallest absolute Gasteiger partial charge is 0.466 e. The number of carbonyl (C=O) groups is 1. The van der Waals surface area contributed by atoms with E-state index in [0.29, 0.717) is 19.4 Å². The van der Waals surface area contributed by atoms with Gasteiger partial charge >= 0.3 is 13.8 Å². The van der Waals surface area contributed by atoms with Gasteiger partial charge < -0.3 is 42.7 Å². The molecule has 0 radical (unpaired) electrons. The standard InChI is InChI=1S/C6H14N4O2.H3N.H3O4P/c7-4(5(11)12)2-1-3-10-6(8)9;;1-5(2,3)4/h4H,1-3,7H2,(H,11,12)(H4,8,9,10);1H3;(H3,1,2,3,4). The summed E-state index contributed by atoms with van der Waals surface area (Å²) in [5, 5.41) is 17.7. The van der Waals surface area contributed by atoms with Crippen molar-refractivity contribution in [3.05, 3.63) is 0 Å². The lowest BCUT2D eigenvalue weighted by Gasteiger charge is -2.06. The minimum Gasteiger partial charge on any atom is -0.480 e. The fourth-order valence-corrected chi connectivity index (χ4v) is 0.669. The lowest BCUT2D eigenvalue weighted by Crippen LogP contribution is -2.34. The highest BCUT2D eigenvalue weighted by Gasteiger charge is 2.09. The molecule has 13 N–H and O–H groups in total. The number of hydrogen-bond acceptors (Lipinski definition) is 5. The largest absolute Gasteiger partial charge is 0.480 e. The van der Waals surface area contributed by atoms with Crippen molar-refractivity contribution in [2.24, 2.45) is 11.5 Å². The zero-order valence-electron chi connectivity index (χ0n) is 9.61. The summed E-state index contributed by atoms with van der Waals surface area (Å²) in [7, 11) is -4.64. The Balaban J connectivity index is -0.000000321. The van der Waals surface area contributed by atoms with Crippen molar-refractivity contribution in [1.82, 2.24) is 11.5 Å². The van der Waals surface area contributed by atoms with Crippen LogP contribution in [0.5, 0.6) is 0 Å². The van der Waals surface area contributed by atoms with Crippen LogP contribution in [0.4, 0.5) is 0 Å². The van der Waals surface area contributed by atoms with Crippen molar-refractivity contribution in [3.8, 4) is 0 Å². The fraction of sp³-hybridized carbons (Fsp3) is 0.667. The number of guanidine groups is 1. The zero-order chi connectivity index (χ0) is 14.1. The molecule has 1 unspecified atom stereocenters. The molecule has 0 aromatic carbocycles. The Hall–Kier alpha value is -1.23. The molecule has 0 heterocycles. The van der Waals surface area contributed by atoms with Crippen molar-refractivity contribution >= 4 is 19.8 Å². The molecule has 0 aliphatic heterocycles. The van der Waals surface area contributed by atoms with Crippen LogP contribution in [-0.2, 0) is 9.36 Å². The molecule has 0 aliphatic rings. The molecule has 0 aliphatic carbocycles. The van der Waals surface area contributed by atoms with Gasteiger partial charge in [0.05, 0.1) is 0 Å². The van der Waals surface area contributed by atoms with Gasteiger partial charge in [-0.1, -0.05) is 0 Å². The molecular formula is C6H20N5O6P. The van der Waals surface area contributed by atoms with E-state index in [4.69, 9.17) is 41.2 Å². The van der Waals surface area contributed by atoms with Crippen LogP contribution in [0.3, 0.4) is 0 Å². The molecule has 0 spiro atoms. The molecule has 12 heteroatoms. The van der Waals surface area contributed by atoms with Crippen molar-refractivity contribution in [2.45, 2.75) is 18.9 Å². The van der Waals surface area contributed by atoms with Crippen molar-refractivity contribution in [2.75, 3.05) is 6.54 Å². The second kappa shape index (κ2) is 10.9. The highest BCUT2D eigenvalue weighted by Crippen LogP contribution is 2.25. The van der Waals surface area contributed by atoms with Gasteiger partial charge in [0, 0.05) is 6.54 Å². The third-order valence-corrected chi connectivity index (χ3v) is 1.32. The number of hydrogen-bond donors (Lipinski definition) is 9. The molecule has 11 nitrogen and oxygen atoms in total. The Kier molecular flexibility index (Phi) is 13.3. The summed E-state index contributed by atoms with van der Waals surface area (Å²) < 4.78 is 8.88. The van der Waals surface area contributed by atoms with E-state index >= 15 is 0 Å². The number of nitrogens with two attached hydrogens (primary N) is 2. The third-order valence-electron chi connectivity index (χ3n) is 1.32. The number of aliphatic carboxylic acids is 1. The molecule has 0 rings (SSSR count). The minimum atomic E-state index is -4.64. The summed E-state index contributed by atoms with van der Waals surface area (Å²) >= 11 is 0. The molecule has 0 aromatic heterocycles. The Labute approximate surface area is 104 Å². The maximum absolute atomic E-state index is 10.2. The van der Waals surface area contributed by atoms with Gasteiger partial charge in [0.25, 0.3) is 0 Å². The van der Waals surface area contributed by atoms with Crippen LogP contribution in [0.25, 0.3) is 0 Å². The van der Waals surface area contributed by atoms with Crippen LogP contribution >= 0.6 is 7.82 Å². The summed E-state index contributed by atoms with van der Waals surface area (Å²) in [5.74, 6) is -1.11. The Bertz CT molecular complexity index is 286. The average molecular weight is 289 g/mol. The molecule has 1 atom stereocenters. The fourth-order valence-electron chi connectivity index (χ4n) is 0.669. The van der Waals surface area contributed by atoms with Crippen LogP contribution in [0.1, 0.15) is 12.8 Å². The van der Waals surface area contributed by atoms with E-state index in [9.17, 15) is 4.79 Å². The van der Waals surface area contributed by atoms with E-state index in [2.05, 4.69) is 5.32 Å². The van der Waals surface area contributed by atoms with Crippen LogP contribution in [0.2, 0.25) is 0 Å². The summed E-state index contributed by atoms with van der Waals surface area (Å²) in [4.78, 5) is 31.8. The number of carboxylic acids is 1. The zero-order valence-corrected chi connectivity index (χ0v) is 10.5. The van der Waals surface area contributed by atoms with Gasteiger partial charge in [0.1, 0.15) is 6.04 Å². The third kappa shape index (κ3) is 29.3. The monoisotopic (exact) mass is 289 g/mol. The predicted octanol–water partition coefficient (Wildman–Crippen LogP) is -2.11. The van der Waals surface area contributed by atoms with Crippen molar-refractivity contribution in [3.63, 3.8) is 0 Å². The molecule has 0 saturated carbocycles. The van der Waals surface area contributed by atoms with Gasteiger partial charge in [-0.3, -0.25) is 10.2 Å². The Morgan fingerprint density at radius 1 is 1.39 bits per heavy atom. The lowest BCUT2D eigenvalue weighted by atomic mass is 10.2. The van der Waals surface area contributed by atoms with Gasteiger partial charge in [0.15, 0.2) is 5.96 Å². The van der Waals surface area contributed by atoms with Crippen LogP contribution in [0, 0.1) is 5.41 Å². The molecule has 0 saturated heterocycles. The number of nitrogens with one attached hydrogen (secondary N) is 2. The van der Waals surface area contributed by atoms with Crippen molar-refractivity contribution in [1.29, 1.82) is 5.41 Å². The summed E-state index contributed by atoms with van der Waals surface area (Å²) in [6.45, 7) is 0.482. The molecule has 0 fully saturated rings. The number of phosphoric acid groups is 1. The quantitative estimate of drug-likeness (QED) is 0.115. The molecule has 0 aromatic rings. The highest BCUT2D eigenvalue weighted by molar-refractivity contribution is 7.45. The minimum absolute atomic E-state index is 0. The van der Waals surface area contributed by atoms with Gasteiger partial charge in [-0.15, -0.1) is 0 Å². The molecule has 0 bridgehead atoms. The summed E-state index contributed by atoms with van der Waals surface area (Å²) in [6.07, 6.45) is 0.975. The highest BCUT2D eigenvalue weighted by atomic mass is 31.2. The van der Waals surface area contributed by atoms with Crippen LogP contribution < -0.4 is 22.9 Å². The van der Waals surface area contributed by atoms with Gasteiger partial charge in [-0.25, -0.2) is 4.57 Å². The molecular weight excluding hydrogens is 269 g/mol. The van der Waals surface area contributed by atoms with E-state index in [1.54, 1.807) is 0 Å². The van der Waals surface area contributed by atoms with E-state index < -0.39 is 19.8 Å². The summed E-state index contributed by atoms with van der Waals surface area (Å²) in [6, 6.07) is -0.821. The topological polar surface area (TPSA) is 238 Å². The Morgan fingerprint density at radius 3 is 2.06 bits per heavy atom. The number of carboxylic acid groups (broad SMARTS) is 1. The second-order valence-electron chi connectivity index (χ2n) is 2.94. The predicted molar refractivity (Wildman–Crippen MR) is 64.0 cm³/mol. The summed E-state index contributed by atoms with van der Waals surface area (Å²) in [5.41, 5.74) is 10.2. The van der Waals surface area contributed by atoms with Crippen LogP contribution in [-0.4, -0.2) is 44.3 Å². The second-order valence-corrected chi connectivity index (χ2v) is 3.97. The molecule has 18 heavy (non-hydrogen) atoms. The maximum Gasteiger partial charge on any atom is 0.466 e. The van der Waals surface area contributed by atoms with E-state index in [1.807, 2.05) is 0 Å². The van der Waals surface area contributed by atoms with E-state index in [1.165, 1.54) is 0 Å². The van der Waals surface area contributed by atoms with E-state index in [0.717, 1.165) is 0 Å². The molecule has 110 valence electrons. The van der Waals surface area contributed by atoms with Crippen molar-refractivity contribution < 1.29 is 29.1 Å². The number of rotatable bonds is 5.